The van der Waals surface area contributed by atoms with Crippen molar-refractivity contribution in [3.8, 4) is 0 Å². The number of aryl methyl sites for hydroxylation is 1. The molecule has 0 atom stereocenters. The first-order chi connectivity index (χ1) is 13.8. The monoisotopic (exact) mass is 400 g/mol. The van der Waals surface area contributed by atoms with Gasteiger partial charge in [-0.1, -0.05) is 30.3 Å². The van der Waals surface area contributed by atoms with Crippen molar-refractivity contribution >= 4 is 17.4 Å². The predicted molar refractivity (Wildman–Crippen MR) is 104 cm³/mol. The molecule has 5 nitrogen and oxygen atoms in total. The molecule has 2 heterocycles. The maximum atomic E-state index is 12.9. The van der Waals surface area contributed by atoms with E-state index in [0.717, 1.165) is 23.4 Å². The minimum Gasteiger partial charge on any atom is -0.304 e. The molecule has 0 aliphatic carbocycles. The van der Waals surface area contributed by atoms with Crippen LogP contribution in [0, 0.1) is 0 Å². The van der Waals surface area contributed by atoms with Crippen LogP contribution in [0.3, 0.4) is 0 Å². The van der Waals surface area contributed by atoms with Gasteiger partial charge in [0.2, 0.25) is 0 Å². The van der Waals surface area contributed by atoms with Gasteiger partial charge in [-0.2, -0.15) is 18.3 Å². The Balaban J connectivity index is 1.54. The number of hydrogen-bond acceptors (Lipinski definition) is 2. The quantitative estimate of drug-likeness (QED) is 0.697. The normalized spacial score (nSPS) is 13.4. The third kappa shape index (κ3) is 3.83. The lowest BCUT2D eigenvalue weighted by Crippen LogP contribution is -2.33. The van der Waals surface area contributed by atoms with E-state index in [4.69, 9.17) is 0 Å². The zero-order valence-corrected chi connectivity index (χ0v) is 15.7. The molecule has 4 rings (SSSR count). The average molecular weight is 400 g/mol. The van der Waals surface area contributed by atoms with Crippen molar-refractivity contribution in [3.05, 3.63) is 77.1 Å². The van der Waals surface area contributed by atoms with Crippen LogP contribution in [0.15, 0.2) is 54.7 Å². The second kappa shape index (κ2) is 7.27. The van der Waals surface area contributed by atoms with Crippen LogP contribution < -0.4 is 10.2 Å². The van der Waals surface area contributed by atoms with Gasteiger partial charge in [0.1, 0.15) is 0 Å². The predicted octanol–water partition coefficient (Wildman–Crippen LogP) is 4.62. The van der Waals surface area contributed by atoms with Gasteiger partial charge < -0.3 is 5.32 Å². The number of aromatic nitrogens is 2. The van der Waals surface area contributed by atoms with Gasteiger partial charge in [0.15, 0.2) is 0 Å². The van der Waals surface area contributed by atoms with E-state index in [2.05, 4.69) is 10.4 Å². The Kier molecular flexibility index (Phi) is 4.77. The maximum Gasteiger partial charge on any atom is 0.416 e. The first-order valence-corrected chi connectivity index (χ1v) is 9.16. The highest BCUT2D eigenvalue weighted by molar-refractivity contribution is 6.03. The standard InChI is InChI=1S/C21H19F3N4O/c1-27-19(11-14-5-3-2-4-6-14)17(13-25-27)26-20(29)28-10-9-15-12-16(21(22,23)24)7-8-18(15)28/h2-8,12-13H,9-11H2,1H3,(H,26,29). The molecule has 3 aromatic rings. The Morgan fingerprint density at radius 3 is 2.66 bits per heavy atom. The molecule has 29 heavy (non-hydrogen) atoms. The summed E-state index contributed by atoms with van der Waals surface area (Å²) in [5.41, 5.74) is 2.83. The minimum atomic E-state index is -4.40. The van der Waals surface area contributed by atoms with E-state index in [9.17, 15) is 18.0 Å². The van der Waals surface area contributed by atoms with Gasteiger partial charge in [-0.3, -0.25) is 9.58 Å². The highest BCUT2D eigenvalue weighted by Crippen LogP contribution is 2.36. The van der Waals surface area contributed by atoms with Crippen LogP contribution in [0.2, 0.25) is 0 Å². The zero-order chi connectivity index (χ0) is 20.6. The summed E-state index contributed by atoms with van der Waals surface area (Å²) in [4.78, 5) is 14.3. The second-order valence-electron chi connectivity index (χ2n) is 6.96. The first-order valence-electron chi connectivity index (χ1n) is 9.16. The van der Waals surface area contributed by atoms with E-state index >= 15 is 0 Å². The van der Waals surface area contributed by atoms with Gasteiger partial charge in [-0.25, -0.2) is 4.79 Å². The molecular weight excluding hydrogens is 381 g/mol. The number of benzene rings is 2. The molecule has 2 aromatic carbocycles. The number of alkyl halides is 3. The van der Waals surface area contributed by atoms with Crippen LogP contribution in [0.4, 0.5) is 29.3 Å². The molecule has 1 aromatic heterocycles. The number of carbonyl (C=O) groups is 1. The van der Waals surface area contributed by atoms with Gasteiger partial charge in [-0.05, 0) is 35.7 Å². The highest BCUT2D eigenvalue weighted by Gasteiger charge is 2.33. The number of anilines is 2. The van der Waals surface area contributed by atoms with E-state index < -0.39 is 11.7 Å². The van der Waals surface area contributed by atoms with Gasteiger partial charge in [-0.15, -0.1) is 0 Å². The van der Waals surface area contributed by atoms with Crippen molar-refractivity contribution in [1.29, 1.82) is 0 Å². The van der Waals surface area contributed by atoms with E-state index in [0.29, 0.717) is 36.3 Å². The number of fused-ring (bicyclic) bond motifs is 1. The van der Waals surface area contributed by atoms with Crippen LogP contribution in [0.1, 0.15) is 22.4 Å². The number of nitrogens with one attached hydrogen (secondary N) is 1. The highest BCUT2D eigenvalue weighted by atomic mass is 19.4. The van der Waals surface area contributed by atoms with Gasteiger partial charge in [0, 0.05) is 25.7 Å². The summed E-state index contributed by atoms with van der Waals surface area (Å²) in [5, 5.41) is 7.09. The molecule has 2 amide bonds. The van der Waals surface area contributed by atoms with Crippen molar-refractivity contribution in [3.63, 3.8) is 0 Å². The van der Waals surface area contributed by atoms with Gasteiger partial charge >= 0.3 is 12.2 Å². The van der Waals surface area contributed by atoms with Crippen molar-refractivity contribution in [1.82, 2.24) is 9.78 Å². The molecule has 0 saturated heterocycles. The van der Waals surface area contributed by atoms with Crippen LogP contribution in [-0.4, -0.2) is 22.4 Å². The molecule has 0 bridgehead atoms. The van der Waals surface area contributed by atoms with E-state index in [1.54, 1.807) is 17.9 Å². The van der Waals surface area contributed by atoms with Crippen molar-refractivity contribution in [2.45, 2.75) is 19.0 Å². The number of carbonyl (C=O) groups excluding carboxylic acids is 1. The molecule has 0 spiro atoms. The van der Waals surface area contributed by atoms with Crippen molar-refractivity contribution in [2.24, 2.45) is 7.05 Å². The molecule has 8 heteroatoms. The number of halogens is 3. The third-order valence-electron chi connectivity index (χ3n) is 5.07. The SMILES string of the molecule is Cn1ncc(NC(=O)N2CCc3cc(C(F)(F)F)ccc32)c1Cc1ccccc1. The number of amides is 2. The summed E-state index contributed by atoms with van der Waals surface area (Å²) in [7, 11) is 1.80. The van der Waals surface area contributed by atoms with Crippen molar-refractivity contribution < 1.29 is 18.0 Å². The van der Waals surface area contributed by atoms with E-state index in [1.807, 2.05) is 30.3 Å². The molecule has 0 saturated carbocycles. The summed E-state index contributed by atoms with van der Waals surface area (Å²) < 4.78 is 40.5. The first kappa shape index (κ1) is 19.0. The Morgan fingerprint density at radius 2 is 1.93 bits per heavy atom. The number of nitrogens with zero attached hydrogens (tertiary/aromatic N) is 3. The van der Waals surface area contributed by atoms with Crippen LogP contribution >= 0.6 is 0 Å². The molecule has 1 aliphatic rings. The summed E-state index contributed by atoms with van der Waals surface area (Å²) in [5.74, 6) is 0. The average Bonchev–Trinajstić information content (AvgIpc) is 3.26. The molecule has 0 unspecified atom stereocenters. The molecule has 1 aliphatic heterocycles. The lowest BCUT2D eigenvalue weighted by molar-refractivity contribution is -0.137. The summed E-state index contributed by atoms with van der Waals surface area (Å²) in [6.45, 7) is 0.330. The molecule has 150 valence electrons. The Labute approximate surface area is 165 Å². The van der Waals surface area contributed by atoms with E-state index in [1.165, 1.54) is 11.0 Å². The fraction of sp³-hybridized carbons (Fsp3) is 0.238. The third-order valence-corrected chi connectivity index (χ3v) is 5.07. The maximum absolute atomic E-state index is 12.9. The smallest absolute Gasteiger partial charge is 0.304 e. The Morgan fingerprint density at radius 1 is 1.17 bits per heavy atom. The Hall–Kier alpha value is -3.29. The number of rotatable bonds is 3. The summed E-state index contributed by atoms with van der Waals surface area (Å²) >= 11 is 0. The number of hydrogen-bond donors (Lipinski definition) is 1. The molecular formula is C21H19F3N4O. The fourth-order valence-electron chi connectivity index (χ4n) is 3.54. The fourth-order valence-corrected chi connectivity index (χ4v) is 3.54. The lowest BCUT2D eigenvalue weighted by Gasteiger charge is -2.19. The zero-order valence-electron chi connectivity index (χ0n) is 15.7. The molecule has 0 fully saturated rings. The second-order valence-corrected chi connectivity index (χ2v) is 6.96. The van der Waals surface area contributed by atoms with Crippen LogP contribution in [0.25, 0.3) is 0 Å². The van der Waals surface area contributed by atoms with Crippen LogP contribution in [0.5, 0.6) is 0 Å². The Bertz CT molecular complexity index is 1040. The number of urea groups is 1. The van der Waals surface area contributed by atoms with Crippen LogP contribution in [-0.2, 0) is 26.1 Å². The summed E-state index contributed by atoms with van der Waals surface area (Å²) in [6.07, 6.45) is -1.83. The van der Waals surface area contributed by atoms with Crippen molar-refractivity contribution in [2.75, 3.05) is 16.8 Å². The molecule has 1 N–H and O–H groups in total. The van der Waals surface area contributed by atoms with E-state index in [-0.39, 0.29) is 6.03 Å². The lowest BCUT2D eigenvalue weighted by atomic mass is 10.1. The minimum absolute atomic E-state index is 0.330. The summed E-state index contributed by atoms with van der Waals surface area (Å²) in [6, 6.07) is 12.9. The molecule has 0 radical (unpaired) electrons. The van der Waals surface area contributed by atoms with Gasteiger partial charge in [0.05, 0.1) is 23.1 Å². The van der Waals surface area contributed by atoms with Gasteiger partial charge in [0.25, 0.3) is 0 Å². The topological polar surface area (TPSA) is 50.2 Å². The largest absolute Gasteiger partial charge is 0.416 e.